The number of halogens is 1. The maximum Gasteiger partial charge on any atom is 0.258 e. The van der Waals surface area contributed by atoms with Gasteiger partial charge in [-0.25, -0.2) is 13.4 Å². The second-order valence-electron chi connectivity index (χ2n) is 6.95. The van der Waals surface area contributed by atoms with Crippen LogP contribution in [0.15, 0.2) is 17.7 Å². The Kier molecular flexibility index (Phi) is 5.53. The van der Waals surface area contributed by atoms with Crippen LogP contribution < -0.4 is 10.1 Å². The number of nitrogens with one attached hydrogen (secondary N) is 1. The highest BCUT2D eigenvalue weighted by Crippen LogP contribution is 2.39. The van der Waals surface area contributed by atoms with Crippen LogP contribution in [0, 0.1) is 0 Å². The quantitative estimate of drug-likeness (QED) is 0.705. The molecular weight excluding hydrogens is 378 g/mol. The normalized spacial score (nSPS) is 24.1. The van der Waals surface area contributed by atoms with Crippen LogP contribution in [0.1, 0.15) is 54.7 Å². The molecule has 0 spiro atoms. The van der Waals surface area contributed by atoms with Gasteiger partial charge in [-0.1, -0.05) is 6.08 Å². The molecule has 26 heavy (non-hydrogen) atoms. The van der Waals surface area contributed by atoms with Gasteiger partial charge in [0.15, 0.2) is 9.84 Å². The van der Waals surface area contributed by atoms with E-state index in [4.69, 9.17) is 16.3 Å². The van der Waals surface area contributed by atoms with Crippen molar-refractivity contribution in [2.75, 3.05) is 6.26 Å². The molecule has 1 heterocycles. The van der Waals surface area contributed by atoms with Crippen LogP contribution in [0.2, 0.25) is 0 Å². The molecule has 0 aliphatic heterocycles. The summed E-state index contributed by atoms with van der Waals surface area (Å²) in [6.45, 7) is 1.68. The lowest BCUT2D eigenvalue weighted by atomic mass is 9.95. The Balaban J connectivity index is 1.74. The zero-order chi connectivity index (χ0) is 18.9. The average Bonchev–Trinajstić information content (AvgIpc) is 3.35. The van der Waals surface area contributed by atoms with Gasteiger partial charge in [0.1, 0.15) is 17.5 Å². The number of sulfone groups is 1. The number of carbonyl (C=O) groups excluding carboxylic acids is 1. The van der Waals surface area contributed by atoms with Gasteiger partial charge in [-0.05, 0) is 19.8 Å². The predicted molar refractivity (Wildman–Crippen MR) is 98.2 cm³/mol. The summed E-state index contributed by atoms with van der Waals surface area (Å²) in [5.74, 6) is 0.901. The Hall–Kier alpha value is -1.67. The monoisotopic (exact) mass is 399 g/mol. The molecule has 7 nitrogen and oxygen atoms in total. The molecule has 1 N–H and O–H groups in total. The number of alkyl halides is 1. The van der Waals surface area contributed by atoms with E-state index in [9.17, 15) is 13.2 Å². The number of amides is 1. The molecule has 3 rings (SSSR count). The summed E-state index contributed by atoms with van der Waals surface area (Å²) in [7, 11) is -3.25. The van der Waals surface area contributed by atoms with Gasteiger partial charge >= 0.3 is 0 Å². The molecule has 2 aliphatic carbocycles. The molecule has 0 bridgehead atoms. The Bertz CT molecular complexity index is 817. The number of nitrogens with zero attached hydrogens (tertiary/aromatic N) is 2. The van der Waals surface area contributed by atoms with E-state index in [2.05, 4.69) is 15.3 Å². The van der Waals surface area contributed by atoms with E-state index in [1.54, 1.807) is 6.92 Å². The topological polar surface area (TPSA) is 98.2 Å². The van der Waals surface area contributed by atoms with Crippen molar-refractivity contribution in [3.63, 3.8) is 0 Å². The van der Waals surface area contributed by atoms with Crippen molar-refractivity contribution in [1.82, 2.24) is 15.3 Å². The second-order valence-corrected chi connectivity index (χ2v) is 9.50. The maximum absolute atomic E-state index is 12.6. The van der Waals surface area contributed by atoms with Gasteiger partial charge in [-0.2, -0.15) is 4.98 Å². The number of hydrogen-bond acceptors (Lipinski definition) is 6. The minimum Gasteiger partial charge on any atom is -0.474 e. The summed E-state index contributed by atoms with van der Waals surface area (Å²) < 4.78 is 28.3. The summed E-state index contributed by atoms with van der Waals surface area (Å²) >= 11 is 6.00. The maximum atomic E-state index is 12.6. The van der Waals surface area contributed by atoms with E-state index in [-0.39, 0.29) is 22.9 Å². The van der Waals surface area contributed by atoms with Crippen LogP contribution in [0.5, 0.6) is 5.88 Å². The molecule has 0 aromatic carbocycles. The van der Waals surface area contributed by atoms with Crippen molar-refractivity contribution < 1.29 is 17.9 Å². The first-order chi connectivity index (χ1) is 12.2. The number of rotatable bonds is 7. The lowest BCUT2D eigenvalue weighted by molar-refractivity contribution is 0.0915. The van der Waals surface area contributed by atoms with Crippen molar-refractivity contribution in [2.24, 2.45) is 0 Å². The molecule has 0 unspecified atom stereocenters. The third kappa shape index (κ3) is 5.17. The van der Waals surface area contributed by atoms with Crippen molar-refractivity contribution in [1.29, 1.82) is 0 Å². The van der Waals surface area contributed by atoms with E-state index < -0.39 is 21.8 Å². The fraction of sp³-hybridized carbons (Fsp3) is 0.588. The highest BCUT2D eigenvalue weighted by atomic mass is 35.5. The van der Waals surface area contributed by atoms with Crippen LogP contribution in [-0.2, 0) is 9.84 Å². The largest absolute Gasteiger partial charge is 0.474 e. The lowest BCUT2D eigenvalue weighted by Crippen LogP contribution is -2.36. The van der Waals surface area contributed by atoms with Crippen LogP contribution in [0.25, 0.3) is 0 Å². The summed E-state index contributed by atoms with van der Waals surface area (Å²) in [5.41, 5.74) is 0.243. The number of carbonyl (C=O) groups is 1. The van der Waals surface area contributed by atoms with Gasteiger partial charge in [0.2, 0.25) is 5.88 Å². The molecule has 0 radical (unpaired) electrons. The van der Waals surface area contributed by atoms with Crippen LogP contribution in [0.3, 0.4) is 0 Å². The molecule has 1 atom stereocenters. The second kappa shape index (κ2) is 7.52. The molecule has 2 fully saturated rings. The van der Waals surface area contributed by atoms with Gasteiger partial charge in [0, 0.05) is 48.0 Å². The molecule has 2 saturated carbocycles. The summed E-state index contributed by atoms with van der Waals surface area (Å²) in [6, 6.07) is -0.468. The predicted octanol–water partition coefficient (Wildman–Crippen LogP) is 2.18. The highest BCUT2D eigenvalue weighted by molar-refractivity contribution is 7.93. The van der Waals surface area contributed by atoms with Crippen molar-refractivity contribution in [3.05, 3.63) is 29.1 Å². The molecule has 1 amide bonds. The fourth-order valence-corrected chi connectivity index (χ4v) is 3.43. The average molecular weight is 400 g/mol. The van der Waals surface area contributed by atoms with Crippen molar-refractivity contribution in [3.8, 4) is 5.88 Å². The number of aromatic nitrogens is 2. The van der Waals surface area contributed by atoms with E-state index >= 15 is 0 Å². The molecule has 1 aromatic heterocycles. The van der Waals surface area contributed by atoms with E-state index in [0.717, 1.165) is 37.3 Å². The summed E-state index contributed by atoms with van der Waals surface area (Å²) in [5, 5.41) is 3.88. The molecule has 142 valence electrons. The first-order valence-electron chi connectivity index (χ1n) is 8.58. The molecule has 0 saturated heterocycles. The van der Waals surface area contributed by atoms with Gasteiger partial charge in [-0.3, -0.25) is 4.79 Å². The standard InChI is InChI=1S/C17H22ClN3O4S/c1-10(5-6-26(2,23)24)20-16(22)14-9-19-15(11-3-4-11)21-17(14)25-13-7-12(18)8-13/h5-6,9-13H,3-4,7-8H2,1-2H3,(H,20,22)/b6-5+/t10-,12-,13-/m0/s1. The van der Waals surface area contributed by atoms with E-state index in [0.29, 0.717) is 11.7 Å². The van der Waals surface area contributed by atoms with Gasteiger partial charge in [-0.15, -0.1) is 11.6 Å². The number of hydrogen-bond donors (Lipinski definition) is 1. The Morgan fingerprint density at radius 3 is 2.69 bits per heavy atom. The van der Waals surface area contributed by atoms with Crippen molar-refractivity contribution in [2.45, 2.75) is 56.0 Å². The zero-order valence-electron chi connectivity index (χ0n) is 14.7. The Morgan fingerprint density at radius 2 is 2.12 bits per heavy atom. The minimum absolute atomic E-state index is 0.0476. The minimum atomic E-state index is -3.25. The van der Waals surface area contributed by atoms with E-state index in [1.807, 2.05) is 0 Å². The smallest absolute Gasteiger partial charge is 0.258 e. The zero-order valence-corrected chi connectivity index (χ0v) is 16.3. The SMILES string of the molecule is C[C@@H](/C=C/S(C)(=O)=O)NC(=O)c1cnc(C2CC2)nc1O[C@H]1C[C@H](Cl)C1. The Labute approximate surface area is 158 Å². The van der Waals surface area contributed by atoms with Crippen LogP contribution >= 0.6 is 11.6 Å². The third-order valence-electron chi connectivity index (χ3n) is 4.25. The molecule has 1 aromatic rings. The van der Waals surface area contributed by atoms with Crippen molar-refractivity contribution >= 4 is 27.3 Å². The first kappa shape index (κ1) is 19.1. The van der Waals surface area contributed by atoms with E-state index in [1.165, 1.54) is 12.3 Å². The summed E-state index contributed by atoms with van der Waals surface area (Å²) in [6.07, 6.45) is 7.48. The van der Waals surface area contributed by atoms with Crippen LogP contribution in [0.4, 0.5) is 0 Å². The number of ether oxygens (including phenoxy) is 1. The lowest BCUT2D eigenvalue weighted by Gasteiger charge is -2.31. The Morgan fingerprint density at radius 1 is 1.42 bits per heavy atom. The first-order valence-corrected chi connectivity index (χ1v) is 11.0. The molecular formula is C17H22ClN3O4S. The highest BCUT2D eigenvalue weighted by Gasteiger charge is 2.33. The summed E-state index contributed by atoms with van der Waals surface area (Å²) in [4.78, 5) is 21.3. The molecule has 9 heteroatoms. The van der Waals surface area contributed by atoms with Gasteiger partial charge in [0.25, 0.3) is 5.91 Å². The van der Waals surface area contributed by atoms with Gasteiger partial charge in [0.05, 0.1) is 0 Å². The fourth-order valence-electron chi connectivity index (χ4n) is 2.51. The third-order valence-corrected chi connectivity index (χ3v) is 5.26. The van der Waals surface area contributed by atoms with Crippen LogP contribution in [-0.4, -0.2) is 48.1 Å². The molecule has 2 aliphatic rings. The van der Waals surface area contributed by atoms with Gasteiger partial charge < -0.3 is 10.1 Å².